The van der Waals surface area contributed by atoms with Crippen LogP contribution in [0.15, 0.2) is 42.7 Å². The van der Waals surface area contributed by atoms with E-state index < -0.39 is 0 Å². The highest BCUT2D eigenvalue weighted by molar-refractivity contribution is 5.30. The number of nitrogens with zero attached hydrogens (tertiary/aromatic N) is 2. The lowest BCUT2D eigenvalue weighted by Crippen LogP contribution is -2.29. The summed E-state index contributed by atoms with van der Waals surface area (Å²) >= 11 is 0. The first-order valence-corrected chi connectivity index (χ1v) is 6.11. The number of rotatable bonds is 6. The number of ether oxygens (including phenoxy) is 1. The molecule has 1 unspecified atom stereocenters. The topological polar surface area (TPSA) is 39.1 Å². The fourth-order valence-electron chi connectivity index (χ4n) is 1.77. The Bertz CT molecular complexity index is 467. The Labute approximate surface area is 108 Å². The Morgan fingerprint density at radius 2 is 2.11 bits per heavy atom. The van der Waals surface area contributed by atoms with Crippen LogP contribution in [0.3, 0.4) is 0 Å². The second kappa shape index (κ2) is 6.33. The molecule has 1 N–H and O–H groups in total. The van der Waals surface area contributed by atoms with E-state index in [0.29, 0.717) is 12.6 Å². The fourth-order valence-corrected chi connectivity index (χ4v) is 1.77. The standard InChI is InChI=1S/C14H19N3O/c1-12(11-18-2)15-8-13-9-16-17(10-13)14-6-4-3-5-7-14/h3-7,9-10,12,15H,8,11H2,1-2H3. The lowest BCUT2D eigenvalue weighted by atomic mass is 10.3. The number of benzene rings is 1. The molecule has 1 heterocycles. The second-order valence-electron chi connectivity index (χ2n) is 4.37. The van der Waals surface area contributed by atoms with Crippen molar-refractivity contribution in [2.75, 3.05) is 13.7 Å². The molecule has 0 aliphatic carbocycles. The Hall–Kier alpha value is -1.65. The maximum atomic E-state index is 5.08. The third-order valence-electron chi connectivity index (χ3n) is 2.73. The minimum absolute atomic E-state index is 0.343. The molecule has 0 spiro atoms. The van der Waals surface area contributed by atoms with E-state index in [9.17, 15) is 0 Å². The lowest BCUT2D eigenvalue weighted by Gasteiger charge is -2.11. The van der Waals surface area contributed by atoms with Gasteiger partial charge in [0.1, 0.15) is 0 Å². The van der Waals surface area contributed by atoms with Crippen molar-refractivity contribution in [3.05, 3.63) is 48.3 Å². The van der Waals surface area contributed by atoms with Gasteiger partial charge >= 0.3 is 0 Å². The molecule has 0 bridgehead atoms. The molecule has 0 radical (unpaired) electrons. The fraction of sp³-hybridized carbons (Fsp3) is 0.357. The van der Waals surface area contributed by atoms with Gasteiger partial charge in [0.2, 0.25) is 0 Å². The molecule has 0 saturated carbocycles. The third-order valence-corrected chi connectivity index (χ3v) is 2.73. The first-order chi connectivity index (χ1) is 8.79. The minimum Gasteiger partial charge on any atom is -0.383 e. The zero-order chi connectivity index (χ0) is 12.8. The summed E-state index contributed by atoms with van der Waals surface area (Å²) < 4.78 is 6.97. The molecule has 1 aromatic heterocycles. The average molecular weight is 245 g/mol. The molecule has 0 aliphatic heterocycles. The van der Waals surface area contributed by atoms with Gasteiger partial charge in [-0.05, 0) is 19.1 Å². The van der Waals surface area contributed by atoms with Gasteiger partial charge in [-0.3, -0.25) is 0 Å². The van der Waals surface area contributed by atoms with Gasteiger partial charge < -0.3 is 10.1 Å². The van der Waals surface area contributed by atoms with Crippen molar-refractivity contribution in [1.82, 2.24) is 15.1 Å². The minimum atomic E-state index is 0.343. The zero-order valence-electron chi connectivity index (χ0n) is 10.8. The van der Waals surface area contributed by atoms with Gasteiger partial charge in [0.05, 0.1) is 18.5 Å². The van der Waals surface area contributed by atoms with Crippen LogP contribution < -0.4 is 5.32 Å². The molecule has 96 valence electrons. The summed E-state index contributed by atoms with van der Waals surface area (Å²) in [7, 11) is 1.71. The molecule has 0 saturated heterocycles. The van der Waals surface area contributed by atoms with Crippen molar-refractivity contribution in [1.29, 1.82) is 0 Å². The monoisotopic (exact) mass is 245 g/mol. The van der Waals surface area contributed by atoms with Crippen molar-refractivity contribution in [3.63, 3.8) is 0 Å². The predicted octanol–water partition coefficient (Wildman–Crippen LogP) is 2.00. The Morgan fingerprint density at radius 3 is 2.83 bits per heavy atom. The van der Waals surface area contributed by atoms with Gasteiger partial charge in [-0.2, -0.15) is 5.10 Å². The molecule has 0 amide bonds. The van der Waals surface area contributed by atoms with Crippen LogP contribution in [0, 0.1) is 0 Å². The normalized spacial score (nSPS) is 12.6. The molecule has 18 heavy (non-hydrogen) atoms. The van der Waals surface area contributed by atoms with Crippen molar-refractivity contribution in [3.8, 4) is 5.69 Å². The highest BCUT2D eigenvalue weighted by Crippen LogP contribution is 2.07. The summed E-state index contributed by atoms with van der Waals surface area (Å²) in [6, 6.07) is 10.4. The highest BCUT2D eigenvalue weighted by Gasteiger charge is 2.03. The maximum absolute atomic E-state index is 5.08. The quantitative estimate of drug-likeness (QED) is 0.846. The van der Waals surface area contributed by atoms with Gasteiger partial charge in [-0.1, -0.05) is 18.2 Å². The summed E-state index contributed by atoms with van der Waals surface area (Å²) in [4.78, 5) is 0. The van der Waals surface area contributed by atoms with Crippen molar-refractivity contribution < 1.29 is 4.74 Å². The lowest BCUT2D eigenvalue weighted by molar-refractivity contribution is 0.171. The summed E-state index contributed by atoms with van der Waals surface area (Å²) in [6.45, 7) is 3.62. The van der Waals surface area contributed by atoms with E-state index in [0.717, 1.165) is 12.2 Å². The van der Waals surface area contributed by atoms with Crippen LogP contribution in [0.1, 0.15) is 12.5 Å². The SMILES string of the molecule is COCC(C)NCc1cnn(-c2ccccc2)c1. The molecule has 1 atom stereocenters. The van der Waals surface area contributed by atoms with Gasteiger partial charge in [0.25, 0.3) is 0 Å². The van der Waals surface area contributed by atoms with E-state index >= 15 is 0 Å². The number of methoxy groups -OCH3 is 1. The van der Waals surface area contributed by atoms with E-state index in [4.69, 9.17) is 4.74 Å². The first-order valence-electron chi connectivity index (χ1n) is 6.11. The summed E-state index contributed by atoms with van der Waals surface area (Å²) in [5.74, 6) is 0. The van der Waals surface area contributed by atoms with Gasteiger partial charge in [0.15, 0.2) is 0 Å². The van der Waals surface area contributed by atoms with E-state index in [1.165, 1.54) is 5.56 Å². The predicted molar refractivity (Wildman–Crippen MR) is 71.7 cm³/mol. The number of hydrogen-bond donors (Lipinski definition) is 1. The van der Waals surface area contributed by atoms with Crippen LogP contribution in [0.2, 0.25) is 0 Å². The third kappa shape index (κ3) is 3.42. The highest BCUT2D eigenvalue weighted by atomic mass is 16.5. The Morgan fingerprint density at radius 1 is 1.33 bits per heavy atom. The molecule has 0 fully saturated rings. The van der Waals surface area contributed by atoms with Crippen LogP contribution >= 0.6 is 0 Å². The zero-order valence-corrected chi connectivity index (χ0v) is 10.8. The smallest absolute Gasteiger partial charge is 0.0645 e. The summed E-state index contributed by atoms with van der Waals surface area (Å²) in [5, 5.41) is 7.74. The van der Waals surface area contributed by atoms with E-state index in [2.05, 4.69) is 17.3 Å². The largest absolute Gasteiger partial charge is 0.383 e. The molecule has 1 aromatic carbocycles. The van der Waals surface area contributed by atoms with E-state index in [1.807, 2.05) is 47.4 Å². The van der Waals surface area contributed by atoms with Gasteiger partial charge in [0, 0.05) is 31.5 Å². The van der Waals surface area contributed by atoms with E-state index in [-0.39, 0.29) is 0 Å². The van der Waals surface area contributed by atoms with Crippen LogP contribution in [0.5, 0.6) is 0 Å². The van der Waals surface area contributed by atoms with Crippen molar-refractivity contribution >= 4 is 0 Å². The molecule has 0 aliphatic rings. The van der Waals surface area contributed by atoms with Gasteiger partial charge in [-0.15, -0.1) is 0 Å². The van der Waals surface area contributed by atoms with Gasteiger partial charge in [-0.25, -0.2) is 4.68 Å². The number of aromatic nitrogens is 2. The Kier molecular flexibility index (Phi) is 4.50. The van der Waals surface area contributed by atoms with Crippen LogP contribution in [-0.4, -0.2) is 29.5 Å². The number of hydrogen-bond acceptors (Lipinski definition) is 3. The molecular formula is C14H19N3O. The first kappa shape index (κ1) is 12.8. The molecule has 2 aromatic rings. The Balaban J connectivity index is 1.95. The van der Waals surface area contributed by atoms with Crippen molar-refractivity contribution in [2.24, 2.45) is 0 Å². The molecular weight excluding hydrogens is 226 g/mol. The summed E-state index contributed by atoms with van der Waals surface area (Å²) in [5.41, 5.74) is 2.25. The summed E-state index contributed by atoms with van der Waals surface area (Å²) in [6.07, 6.45) is 3.93. The van der Waals surface area contributed by atoms with E-state index in [1.54, 1.807) is 7.11 Å². The average Bonchev–Trinajstić information content (AvgIpc) is 2.87. The molecule has 4 heteroatoms. The van der Waals surface area contributed by atoms with Crippen LogP contribution in [-0.2, 0) is 11.3 Å². The second-order valence-corrected chi connectivity index (χ2v) is 4.37. The number of nitrogens with one attached hydrogen (secondary N) is 1. The number of para-hydroxylation sites is 1. The van der Waals surface area contributed by atoms with Crippen LogP contribution in [0.4, 0.5) is 0 Å². The van der Waals surface area contributed by atoms with Crippen molar-refractivity contribution in [2.45, 2.75) is 19.5 Å². The molecule has 2 rings (SSSR count). The van der Waals surface area contributed by atoms with Crippen LogP contribution in [0.25, 0.3) is 5.69 Å². The molecule has 4 nitrogen and oxygen atoms in total. The maximum Gasteiger partial charge on any atom is 0.0645 e.